The molecule has 0 radical (unpaired) electrons. The molecule has 0 fully saturated rings. The smallest absolute Gasteiger partial charge is 0.138 e. The SMILES string of the molecule is Cc1nc(Cl)c(C)c(Nc2ccc(Cl)c3cccnc23)n1. The van der Waals surface area contributed by atoms with Crippen molar-refractivity contribution in [2.75, 3.05) is 5.32 Å². The van der Waals surface area contributed by atoms with E-state index in [1.807, 2.05) is 31.2 Å². The van der Waals surface area contributed by atoms with E-state index in [1.165, 1.54) is 0 Å². The largest absolute Gasteiger partial charge is 0.338 e. The van der Waals surface area contributed by atoms with Crippen LogP contribution in [-0.2, 0) is 0 Å². The average molecular weight is 319 g/mol. The van der Waals surface area contributed by atoms with Crippen molar-refractivity contribution in [2.45, 2.75) is 13.8 Å². The molecule has 21 heavy (non-hydrogen) atoms. The fourth-order valence-electron chi connectivity index (χ4n) is 2.08. The highest BCUT2D eigenvalue weighted by molar-refractivity contribution is 6.35. The molecule has 6 heteroatoms. The number of rotatable bonds is 2. The number of nitrogens with zero attached hydrogens (tertiary/aromatic N) is 3. The Bertz CT molecular complexity index is 833. The van der Waals surface area contributed by atoms with Gasteiger partial charge >= 0.3 is 0 Å². The van der Waals surface area contributed by atoms with E-state index in [1.54, 1.807) is 13.1 Å². The summed E-state index contributed by atoms with van der Waals surface area (Å²) in [6.45, 7) is 3.67. The van der Waals surface area contributed by atoms with Crippen molar-refractivity contribution >= 4 is 45.6 Å². The molecule has 0 spiro atoms. The lowest BCUT2D eigenvalue weighted by molar-refractivity contribution is 1.04. The van der Waals surface area contributed by atoms with Gasteiger partial charge in [-0.2, -0.15) is 0 Å². The summed E-state index contributed by atoms with van der Waals surface area (Å²) in [5, 5.41) is 5.26. The van der Waals surface area contributed by atoms with E-state index in [9.17, 15) is 0 Å². The van der Waals surface area contributed by atoms with Gasteiger partial charge in [-0.05, 0) is 38.1 Å². The van der Waals surface area contributed by atoms with Crippen LogP contribution in [0.2, 0.25) is 10.2 Å². The van der Waals surface area contributed by atoms with Crippen LogP contribution in [0.5, 0.6) is 0 Å². The molecule has 3 aromatic rings. The predicted molar refractivity (Wildman–Crippen MR) is 86.6 cm³/mol. The summed E-state index contributed by atoms with van der Waals surface area (Å²) < 4.78 is 0. The first-order valence-corrected chi connectivity index (χ1v) is 7.13. The molecule has 0 saturated carbocycles. The monoisotopic (exact) mass is 318 g/mol. The van der Waals surface area contributed by atoms with E-state index >= 15 is 0 Å². The van der Waals surface area contributed by atoms with Gasteiger partial charge in [0.2, 0.25) is 0 Å². The van der Waals surface area contributed by atoms with Crippen molar-refractivity contribution < 1.29 is 0 Å². The summed E-state index contributed by atoms with van der Waals surface area (Å²) in [6, 6.07) is 7.50. The quantitative estimate of drug-likeness (QED) is 0.696. The summed E-state index contributed by atoms with van der Waals surface area (Å²) in [5.74, 6) is 1.28. The van der Waals surface area contributed by atoms with Crippen molar-refractivity contribution in [2.24, 2.45) is 0 Å². The number of pyridine rings is 1. The maximum Gasteiger partial charge on any atom is 0.138 e. The van der Waals surface area contributed by atoms with Crippen LogP contribution in [0.4, 0.5) is 11.5 Å². The molecule has 2 aromatic heterocycles. The third-order valence-electron chi connectivity index (χ3n) is 3.17. The topological polar surface area (TPSA) is 50.7 Å². The Kier molecular flexibility index (Phi) is 3.66. The molecule has 0 saturated heterocycles. The van der Waals surface area contributed by atoms with Crippen LogP contribution in [0, 0.1) is 13.8 Å². The summed E-state index contributed by atoms with van der Waals surface area (Å²) in [5.41, 5.74) is 2.41. The van der Waals surface area contributed by atoms with Gasteiger partial charge in [0.25, 0.3) is 0 Å². The summed E-state index contributed by atoms with van der Waals surface area (Å²) in [4.78, 5) is 12.9. The second kappa shape index (κ2) is 5.47. The van der Waals surface area contributed by atoms with Crippen LogP contribution >= 0.6 is 23.2 Å². The third kappa shape index (κ3) is 2.64. The Morgan fingerprint density at radius 3 is 2.67 bits per heavy atom. The molecule has 0 bridgehead atoms. The minimum atomic E-state index is 0.441. The number of anilines is 2. The molecule has 1 aromatic carbocycles. The van der Waals surface area contributed by atoms with Crippen LogP contribution in [0.15, 0.2) is 30.5 Å². The number of hydrogen-bond acceptors (Lipinski definition) is 4. The van der Waals surface area contributed by atoms with E-state index in [0.29, 0.717) is 21.8 Å². The minimum Gasteiger partial charge on any atom is -0.338 e. The van der Waals surface area contributed by atoms with Gasteiger partial charge in [0.15, 0.2) is 0 Å². The highest BCUT2D eigenvalue weighted by Crippen LogP contribution is 2.31. The molecule has 2 heterocycles. The van der Waals surface area contributed by atoms with Crippen molar-refractivity contribution in [1.29, 1.82) is 0 Å². The number of aromatic nitrogens is 3. The fourth-order valence-corrected chi connectivity index (χ4v) is 2.51. The normalized spacial score (nSPS) is 10.9. The zero-order chi connectivity index (χ0) is 15.0. The molecule has 0 aliphatic carbocycles. The zero-order valence-electron chi connectivity index (χ0n) is 11.5. The van der Waals surface area contributed by atoms with E-state index in [2.05, 4.69) is 20.3 Å². The second-order valence-electron chi connectivity index (χ2n) is 4.65. The highest BCUT2D eigenvalue weighted by atomic mass is 35.5. The maximum absolute atomic E-state index is 6.20. The maximum atomic E-state index is 6.20. The van der Waals surface area contributed by atoms with Crippen molar-refractivity contribution in [1.82, 2.24) is 15.0 Å². The minimum absolute atomic E-state index is 0.441. The number of fused-ring (bicyclic) bond motifs is 1. The number of halogens is 2. The molecular formula is C15H12Cl2N4. The Balaban J connectivity index is 2.13. The molecule has 106 valence electrons. The van der Waals surface area contributed by atoms with E-state index in [-0.39, 0.29) is 0 Å². The first-order valence-electron chi connectivity index (χ1n) is 6.37. The van der Waals surface area contributed by atoms with Crippen molar-refractivity contribution in [3.8, 4) is 0 Å². The summed E-state index contributed by atoms with van der Waals surface area (Å²) in [7, 11) is 0. The Hall–Kier alpha value is -1.91. The van der Waals surface area contributed by atoms with E-state index in [0.717, 1.165) is 22.2 Å². The van der Waals surface area contributed by atoms with Crippen LogP contribution in [0.3, 0.4) is 0 Å². The lowest BCUT2D eigenvalue weighted by atomic mass is 10.2. The number of benzene rings is 1. The fraction of sp³-hybridized carbons (Fsp3) is 0.133. The summed E-state index contributed by atoms with van der Waals surface area (Å²) in [6.07, 6.45) is 1.73. The molecular weight excluding hydrogens is 307 g/mol. The van der Waals surface area contributed by atoms with Crippen LogP contribution < -0.4 is 5.32 Å². The molecule has 0 amide bonds. The molecule has 0 aliphatic rings. The van der Waals surface area contributed by atoms with Crippen LogP contribution in [0.1, 0.15) is 11.4 Å². The molecule has 1 N–H and O–H groups in total. The van der Waals surface area contributed by atoms with Crippen LogP contribution in [0.25, 0.3) is 10.9 Å². The highest BCUT2D eigenvalue weighted by Gasteiger charge is 2.11. The van der Waals surface area contributed by atoms with E-state index < -0.39 is 0 Å². The predicted octanol–water partition coefficient (Wildman–Crippen LogP) is 4.69. The first-order chi connectivity index (χ1) is 10.1. The molecule has 3 rings (SSSR count). The Morgan fingerprint density at radius 1 is 1.05 bits per heavy atom. The van der Waals surface area contributed by atoms with Crippen molar-refractivity contribution in [3.63, 3.8) is 0 Å². The molecule has 0 aliphatic heterocycles. The average Bonchev–Trinajstić information content (AvgIpc) is 2.47. The van der Waals surface area contributed by atoms with Gasteiger partial charge in [-0.15, -0.1) is 0 Å². The van der Waals surface area contributed by atoms with Gasteiger partial charge in [-0.3, -0.25) is 4.98 Å². The number of hydrogen-bond donors (Lipinski definition) is 1. The second-order valence-corrected chi connectivity index (χ2v) is 5.42. The van der Waals surface area contributed by atoms with Gasteiger partial charge < -0.3 is 5.32 Å². The molecule has 0 atom stereocenters. The lowest BCUT2D eigenvalue weighted by Gasteiger charge is -2.12. The van der Waals surface area contributed by atoms with Gasteiger partial charge in [0.05, 0.1) is 16.2 Å². The van der Waals surface area contributed by atoms with E-state index in [4.69, 9.17) is 23.2 Å². The van der Waals surface area contributed by atoms with Gasteiger partial charge in [-0.1, -0.05) is 23.2 Å². The summed E-state index contributed by atoms with van der Waals surface area (Å²) >= 11 is 12.3. The first kappa shape index (κ1) is 14.0. The lowest BCUT2D eigenvalue weighted by Crippen LogP contribution is -2.02. The molecule has 0 unspecified atom stereocenters. The standard InChI is InChI=1S/C15H12Cl2N4/c1-8-14(17)19-9(2)20-15(8)21-12-6-5-11(16)10-4-3-7-18-13(10)12/h3-7H,1-2H3,(H,19,20,21). The van der Waals surface area contributed by atoms with Gasteiger partial charge in [0.1, 0.15) is 16.8 Å². The van der Waals surface area contributed by atoms with Gasteiger partial charge in [-0.25, -0.2) is 9.97 Å². The number of nitrogens with one attached hydrogen (secondary N) is 1. The Labute approximate surface area is 132 Å². The van der Waals surface area contributed by atoms with Crippen LogP contribution in [-0.4, -0.2) is 15.0 Å². The number of aryl methyl sites for hydroxylation is 1. The van der Waals surface area contributed by atoms with Crippen molar-refractivity contribution in [3.05, 3.63) is 52.0 Å². The third-order valence-corrected chi connectivity index (χ3v) is 3.87. The van der Waals surface area contributed by atoms with Gasteiger partial charge in [0, 0.05) is 17.1 Å². The zero-order valence-corrected chi connectivity index (χ0v) is 13.0. The Morgan fingerprint density at radius 2 is 1.86 bits per heavy atom. The molecule has 4 nitrogen and oxygen atoms in total.